The Hall–Kier alpha value is -1.84. The Morgan fingerprint density at radius 3 is 2.52 bits per heavy atom. The van der Waals surface area contributed by atoms with Gasteiger partial charge in [0.15, 0.2) is 11.6 Å². The third-order valence-electron chi connectivity index (χ3n) is 3.44. The molecule has 21 heavy (non-hydrogen) atoms. The molecule has 0 saturated carbocycles. The van der Waals surface area contributed by atoms with Gasteiger partial charge in [-0.3, -0.25) is 0 Å². The average molecular weight is 290 g/mol. The van der Waals surface area contributed by atoms with Gasteiger partial charge >= 0.3 is 0 Å². The van der Waals surface area contributed by atoms with Gasteiger partial charge in [-0.25, -0.2) is 9.37 Å². The van der Waals surface area contributed by atoms with Crippen molar-refractivity contribution in [2.45, 2.75) is 39.5 Å². The maximum Gasteiger partial charge on any atom is 0.167 e. The van der Waals surface area contributed by atoms with Crippen LogP contribution in [0.2, 0.25) is 0 Å². The lowest BCUT2D eigenvalue weighted by Crippen LogP contribution is -2.16. The van der Waals surface area contributed by atoms with Crippen LogP contribution in [0.15, 0.2) is 18.2 Å². The fourth-order valence-corrected chi connectivity index (χ4v) is 2.28. The van der Waals surface area contributed by atoms with Gasteiger partial charge in [-0.15, -0.1) is 0 Å². The summed E-state index contributed by atoms with van der Waals surface area (Å²) in [5.74, 6) is 0.697. The molecule has 114 valence electrons. The summed E-state index contributed by atoms with van der Waals surface area (Å²) in [5, 5.41) is 4.23. The van der Waals surface area contributed by atoms with Crippen LogP contribution in [0.3, 0.4) is 0 Å². The molecule has 0 radical (unpaired) electrons. The second kappa shape index (κ2) is 5.88. The number of aromatic nitrogens is 1. The van der Waals surface area contributed by atoms with Gasteiger partial charge in [-0.1, -0.05) is 27.7 Å². The number of ether oxygens (including phenoxy) is 1. The molecule has 3 nitrogen and oxygen atoms in total. The molecule has 0 aliphatic heterocycles. The maximum absolute atomic E-state index is 13.9. The zero-order valence-electron chi connectivity index (χ0n) is 13.4. The zero-order valence-corrected chi connectivity index (χ0v) is 13.4. The number of anilines is 1. The lowest BCUT2D eigenvalue weighted by atomic mass is 9.86. The van der Waals surface area contributed by atoms with Crippen molar-refractivity contribution < 1.29 is 9.13 Å². The molecule has 0 amide bonds. The van der Waals surface area contributed by atoms with E-state index in [1.165, 1.54) is 13.2 Å². The van der Waals surface area contributed by atoms with Crippen molar-refractivity contribution in [3.05, 3.63) is 29.6 Å². The van der Waals surface area contributed by atoms with E-state index in [1.54, 1.807) is 6.07 Å². The van der Waals surface area contributed by atoms with Gasteiger partial charge in [-0.2, -0.15) is 0 Å². The number of nitrogens with one attached hydrogen (secondary N) is 1. The van der Waals surface area contributed by atoms with E-state index < -0.39 is 0 Å². The number of pyridine rings is 1. The van der Waals surface area contributed by atoms with Crippen LogP contribution >= 0.6 is 0 Å². The number of hydrogen-bond acceptors (Lipinski definition) is 3. The topological polar surface area (TPSA) is 34.2 Å². The zero-order chi connectivity index (χ0) is 15.6. The first-order valence-corrected chi connectivity index (χ1v) is 7.29. The third kappa shape index (κ3) is 3.26. The highest BCUT2D eigenvalue weighted by Crippen LogP contribution is 2.33. The normalized spacial score (nSPS) is 11.7. The number of fused-ring (bicyclic) bond motifs is 1. The molecule has 0 atom stereocenters. The van der Waals surface area contributed by atoms with Gasteiger partial charge < -0.3 is 10.1 Å². The quantitative estimate of drug-likeness (QED) is 0.900. The van der Waals surface area contributed by atoms with Gasteiger partial charge in [0, 0.05) is 23.6 Å². The second-order valence-corrected chi connectivity index (χ2v) is 6.24. The van der Waals surface area contributed by atoms with E-state index in [4.69, 9.17) is 4.74 Å². The minimum atomic E-state index is -0.387. The SMILES string of the molecule is CCCNc1nc2cc(F)c(OC)cc2cc1C(C)(C)C. The first-order chi connectivity index (χ1) is 9.86. The fraction of sp³-hybridized carbons (Fsp3) is 0.471. The number of benzene rings is 1. The van der Waals surface area contributed by atoms with Crippen LogP contribution < -0.4 is 10.1 Å². The van der Waals surface area contributed by atoms with E-state index >= 15 is 0 Å². The molecule has 4 heteroatoms. The summed E-state index contributed by atoms with van der Waals surface area (Å²) in [7, 11) is 1.47. The highest BCUT2D eigenvalue weighted by molar-refractivity contribution is 5.83. The van der Waals surface area contributed by atoms with Crippen LogP contribution in [-0.2, 0) is 5.41 Å². The summed E-state index contributed by atoms with van der Waals surface area (Å²) in [6.07, 6.45) is 1.01. The average Bonchev–Trinajstić information content (AvgIpc) is 2.42. The van der Waals surface area contributed by atoms with Crippen molar-refractivity contribution >= 4 is 16.7 Å². The molecule has 0 bridgehead atoms. The van der Waals surface area contributed by atoms with Gasteiger partial charge in [-0.05, 0) is 24.0 Å². The Bertz CT molecular complexity index is 647. The maximum atomic E-state index is 13.9. The summed E-state index contributed by atoms with van der Waals surface area (Å²) < 4.78 is 18.9. The number of nitrogens with zero attached hydrogens (tertiary/aromatic N) is 1. The Balaban J connectivity index is 2.64. The first kappa shape index (κ1) is 15.5. The van der Waals surface area contributed by atoms with Crippen molar-refractivity contribution in [2.24, 2.45) is 0 Å². The number of methoxy groups -OCH3 is 1. The van der Waals surface area contributed by atoms with E-state index in [2.05, 4.69) is 44.1 Å². The predicted molar refractivity (Wildman–Crippen MR) is 85.7 cm³/mol. The molecular formula is C17H23FN2O. The van der Waals surface area contributed by atoms with Crippen molar-refractivity contribution in [1.82, 2.24) is 4.98 Å². The minimum absolute atomic E-state index is 0.0428. The largest absolute Gasteiger partial charge is 0.494 e. The van der Waals surface area contributed by atoms with E-state index in [-0.39, 0.29) is 17.0 Å². The van der Waals surface area contributed by atoms with Crippen LogP contribution in [0, 0.1) is 5.82 Å². The molecule has 0 spiro atoms. The van der Waals surface area contributed by atoms with Crippen LogP contribution in [-0.4, -0.2) is 18.6 Å². The van der Waals surface area contributed by atoms with Crippen LogP contribution in [0.25, 0.3) is 10.9 Å². The van der Waals surface area contributed by atoms with Crippen molar-refractivity contribution in [2.75, 3.05) is 19.0 Å². The highest BCUT2D eigenvalue weighted by atomic mass is 19.1. The molecule has 2 rings (SSSR count). The molecule has 1 N–H and O–H groups in total. The lowest BCUT2D eigenvalue weighted by molar-refractivity contribution is 0.387. The number of halogens is 1. The third-order valence-corrected chi connectivity index (χ3v) is 3.44. The summed E-state index contributed by atoms with van der Waals surface area (Å²) in [6, 6.07) is 5.20. The van der Waals surface area contributed by atoms with Gasteiger partial charge in [0.25, 0.3) is 0 Å². The van der Waals surface area contributed by atoms with Gasteiger partial charge in [0.05, 0.1) is 12.6 Å². The summed E-state index contributed by atoms with van der Waals surface area (Å²) >= 11 is 0. The van der Waals surface area contributed by atoms with Crippen molar-refractivity contribution in [3.63, 3.8) is 0 Å². The standard InChI is InChI=1S/C17H23FN2O/c1-6-7-19-16-12(17(2,3)4)8-11-9-15(21-5)13(18)10-14(11)20-16/h8-10H,6-7H2,1-5H3,(H,19,20). The molecule has 1 aromatic carbocycles. The minimum Gasteiger partial charge on any atom is -0.494 e. The summed E-state index contributed by atoms with van der Waals surface area (Å²) in [6.45, 7) is 9.39. The fourth-order valence-electron chi connectivity index (χ4n) is 2.28. The Morgan fingerprint density at radius 1 is 1.24 bits per heavy atom. The number of hydrogen-bond donors (Lipinski definition) is 1. The van der Waals surface area contributed by atoms with Gasteiger partial charge in [0.2, 0.25) is 0 Å². The van der Waals surface area contributed by atoms with Crippen molar-refractivity contribution in [1.29, 1.82) is 0 Å². The van der Waals surface area contributed by atoms with Crippen LogP contribution in [0.1, 0.15) is 39.7 Å². The summed E-state index contributed by atoms with van der Waals surface area (Å²) in [4.78, 5) is 4.61. The molecule has 0 saturated heterocycles. The lowest BCUT2D eigenvalue weighted by Gasteiger charge is -2.23. The molecule has 1 heterocycles. The predicted octanol–water partition coefficient (Wildman–Crippen LogP) is 4.50. The molecule has 0 fully saturated rings. The van der Waals surface area contributed by atoms with E-state index in [0.29, 0.717) is 5.52 Å². The van der Waals surface area contributed by atoms with Crippen LogP contribution in [0.4, 0.5) is 10.2 Å². The highest BCUT2D eigenvalue weighted by Gasteiger charge is 2.20. The van der Waals surface area contributed by atoms with Crippen molar-refractivity contribution in [3.8, 4) is 5.75 Å². The van der Waals surface area contributed by atoms with Crippen LogP contribution in [0.5, 0.6) is 5.75 Å². The second-order valence-electron chi connectivity index (χ2n) is 6.24. The Morgan fingerprint density at radius 2 is 1.95 bits per heavy atom. The number of rotatable bonds is 4. The molecule has 0 aliphatic carbocycles. The summed E-state index contributed by atoms with van der Waals surface area (Å²) in [5.41, 5.74) is 1.72. The van der Waals surface area contributed by atoms with E-state index in [9.17, 15) is 4.39 Å². The Labute approximate surface area is 125 Å². The monoisotopic (exact) mass is 290 g/mol. The smallest absolute Gasteiger partial charge is 0.167 e. The molecule has 1 aromatic heterocycles. The van der Waals surface area contributed by atoms with E-state index in [0.717, 1.165) is 29.7 Å². The molecule has 0 aliphatic rings. The molecule has 0 unspecified atom stereocenters. The molecular weight excluding hydrogens is 267 g/mol. The van der Waals surface area contributed by atoms with Gasteiger partial charge in [0.1, 0.15) is 5.82 Å². The first-order valence-electron chi connectivity index (χ1n) is 7.29. The molecule has 2 aromatic rings. The van der Waals surface area contributed by atoms with E-state index in [1.807, 2.05) is 0 Å². The Kier molecular flexibility index (Phi) is 4.35.